The smallest absolute Gasteiger partial charge is 0.322 e. The number of ether oxygens (including phenoxy) is 1. The molecule has 0 bridgehead atoms. The van der Waals surface area contributed by atoms with Crippen molar-refractivity contribution in [3.05, 3.63) is 70.2 Å². The normalized spacial score (nSPS) is 16.6. The minimum atomic E-state index is -1.27. The number of hydroxylamine groups is 2. The number of hydrogen-bond donors (Lipinski definition) is 0. The third-order valence-corrected chi connectivity index (χ3v) is 4.06. The highest BCUT2D eigenvalue weighted by Gasteiger charge is 2.44. The molecule has 2 aromatic carbocycles. The van der Waals surface area contributed by atoms with E-state index < -0.39 is 23.7 Å². The minimum Gasteiger partial charge on any atom is -0.468 e. The molecule has 0 fully saturated rings. The monoisotopic (exact) mass is 359 g/mol. The summed E-state index contributed by atoms with van der Waals surface area (Å²) in [6.45, 7) is 0.00209. The van der Waals surface area contributed by atoms with Crippen LogP contribution < -0.4 is 0 Å². The van der Waals surface area contributed by atoms with Gasteiger partial charge in [-0.1, -0.05) is 48.0 Å². The summed E-state index contributed by atoms with van der Waals surface area (Å²) in [7, 11) is 1.18. The van der Waals surface area contributed by atoms with E-state index in [2.05, 4.69) is 0 Å². The first kappa shape index (κ1) is 17.1. The lowest BCUT2D eigenvalue weighted by Crippen LogP contribution is -2.47. The summed E-state index contributed by atoms with van der Waals surface area (Å²) >= 11 is 5.95. The summed E-state index contributed by atoms with van der Waals surface area (Å²) in [6, 6.07) is 13.4. The zero-order valence-corrected chi connectivity index (χ0v) is 14.0. The molecule has 6 nitrogen and oxygen atoms in total. The Morgan fingerprint density at radius 1 is 1.16 bits per heavy atom. The van der Waals surface area contributed by atoms with Gasteiger partial charge in [0.2, 0.25) is 0 Å². The largest absolute Gasteiger partial charge is 0.468 e. The number of hydrogen-bond acceptors (Lipinski definition) is 5. The third kappa shape index (κ3) is 3.26. The van der Waals surface area contributed by atoms with E-state index in [4.69, 9.17) is 21.2 Å². The average molecular weight is 360 g/mol. The summed E-state index contributed by atoms with van der Waals surface area (Å²) in [5.41, 5.74) is 1.16. The van der Waals surface area contributed by atoms with Gasteiger partial charge in [0.1, 0.15) is 6.61 Å². The molecule has 1 aliphatic heterocycles. The van der Waals surface area contributed by atoms with E-state index in [0.29, 0.717) is 10.1 Å². The molecule has 0 saturated carbocycles. The Labute approximate surface area is 148 Å². The third-order valence-electron chi connectivity index (χ3n) is 3.83. The lowest BCUT2D eigenvalue weighted by molar-refractivity contribution is -0.179. The molecule has 0 saturated heterocycles. The van der Waals surface area contributed by atoms with E-state index in [1.165, 1.54) is 25.3 Å². The molecule has 0 aliphatic carbocycles. The number of esters is 1. The molecule has 1 unspecified atom stereocenters. The standard InChI is InChI=1S/C18H14ClNO5/c1-24-18(23)15-13-8-7-12(19)9-14(13)16(21)20(17(15)22)25-10-11-5-3-2-4-6-11/h2-9,15H,10H2,1H3. The Balaban J connectivity index is 1.95. The van der Waals surface area contributed by atoms with Gasteiger partial charge < -0.3 is 4.74 Å². The summed E-state index contributed by atoms with van der Waals surface area (Å²) in [5, 5.41) is 0.917. The second-order valence-corrected chi connectivity index (χ2v) is 5.82. The maximum absolute atomic E-state index is 12.7. The van der Waals surface area contributed by atoms with Gasteiger partial charge in [0, 0.05) is 10.6 Å². The van der Waals surface area contributed by atoms with Crippen molar-refractivity contribution in [3.63, 3.8) is 0 Å². The van der Waals surface area contributed by atoms with Crippen LogP contribution in [0.2, 0.25) is 5.02 Å². The van der Waals surface area contributed by atoms with Crippen molar-refractivity contribution in [2.24, 2.45) is 0 Å². The Hall–Kier alpha value is -2.70. The molecule has 0 spiro atoms. The van der Waals surface area contributed by atoms with Crippen molar-refractivity contribution in [2.75, 3.05) is 7.11 Å². The first-order valence-corrected chi connectivity index (χ1v) is 7.83. The number of rotatable bonds is 4. The zero-order valence-electron chi connectivity index (χ0n) is 13.3. The zero-order chi connectivity index (χ0) is 18.0. The molecular formula is C18H14ClNO5. The number of carbonyl (C=O) groups is 3. The second kappa shape index (κ2) is 7.04. The second-order valence-electron chi connectivity index (χ2n) is 5.38. The van der Waals surface area contributed by atoms with Gasteiger partial charge in [-0.2, -0.15) is 0 Å². The van der Waals surface area contributed by atoms with E-state index in [0.717, 1.165) is 5.56 Å². The first-order valence-electron chi connectivity index (χ1n) is 7.45. The predicted molar refractivity (Wildman–Crippen MR) is 88.6 cm³/mol. The van der Waals surface area contributed by atoms with Crippen LogP contribution in [0, 0.1) is 0 Å². The van der Waals surface area contributed by atoms with Gasteiger partial charge in [-0.25, -0.2) is 0 Å². The van der Waals surface area contributed by atoms with Gasteiger partial charge in [0.05, 0.1) is 7.11 Å². The minimum absolute atomic E-state index is 0.00209. The maximum atomic E-state index is 12.7. The van der Waals surface area contributed by atoms with Crippen LogP contribution in [0.1, 0.15) is 27.4 Å². The molecule has 0 radical (unpaired) electrons. The van der Waals surface area contributed by atoms with Crippen LogP contribution in [0.15, 0.2) is 48.5 Å². The number of fused-ring (bicyclic) bond motifs is 1. The van der Waals surface area contributed by atoms with Gasteiger partial charge in [0.25, 0.3) is 11.8 Å². The molecular weight excluding hydrogens is 346 g/mol. The van der Waals surface area contributed by atoms with Crippen molar-refractivity contribution in [3.8, 4) is 0 Å². The van der Waals surface area contributed by atoms with Crippen LogP contribution in [-0.4, -0.2) is 30.0 Å². The van der Waals surface area contributed by atoms with Crippen LogP contribution in [0.25, 0.3) is 0 Å². The van der Waals surface area contributed by atoms with Crippen LogP contribution in [0.4, 0.5) is 0 Å². The fraction of sp³-hybridized carbons (Fsp3) is 0.167. The lowest BCUT2D eigenvalue weighted by Gasteiger charge is -2.30. The van der Waals surface area contributed by atoms with Gasteiger partial charge in [-0.05, 0) is 23.3 Å². The van der Waals surface area contributed by atoms with Crippen molar-refractivity contribution in [1.82, 2.24) is 5.06 Å². The average Bonchev–Trinajstić information content (AvgIpc) is 2.63. The maximum Gasteiger partial charge on any atom is 0.322 e. The Bertz CT molecular complexity index is 837. The predicted octanol–water partition coefficient (Wildman–Crippen LogP) is 2.71. The SMILES string of the molecule is COC(=O)C1C(=O)N(OCc2ccccc2)C(=O)c2cc(Cl)ccc21. The molecule has 128 valence electrons. The van der Waals surface area contributed by atoms with Crippen molar-refractivity contribution in [2.45, 2.75) is 12.5 Å². The Morgan fingerprint density at radius 3 is 2.56 bits per heavy atom. The number of halogens is 1. The number of benzene rings is 2. The summed E-state index contributed by atoms with van der Waals surface area (Å²) < 4.78 is 4.71. The van der Waals surface area contributed by atoms with Gasteiger partial charge >= 0.3 is 5.97 Å². The highest BCUT2D eigenvalue weighted by molar-refractivity contribution is 6.31. The molecule has 3 rings (SSSR count). The van der Waals surface area contributed by atoms with E-state index >= 15 is 0 Å². The summed E-state index contributed by atoms with van der Waals surface area (Å²) in [5.74, 6) is -3.50. The molecule has 0 N–H and O–H groups in total. The van der Waals surface area contributed by atoms with Gasteiger partial charge in [0.15, 0.2) is 5.92 Å². The lowest BCUT2D eigenvalue weighted by atomic mass is 9.89. The van der Waals surface area contributed by atoms with Gasteiger partial charge in [-0.3, -0.25) is 19.2 Å². The molecule has 0 aromatic heterocycles. The van der Waals surface area contributed by atoms with E-state index in [-0.39, 0.29) is 17.7 Å². The van der Waals surface area contributed by atoms with Crippen LogP contribution in [0.5, 0.6) is 0 Å². The van der Waals surface area contributed by atoms with Crippen LogP contribution in [-0.2, 0) is 25.8 Å². The van der Waals surface area contributed by atoms with E-state index in [9.17, 15) is 14.4 Å². The topological polar surface area (TPSA) is 72.9 Å². The Kier molecular flexibility index (Phi) is 4.83. The summed E-state index contributed by atoms with van der Waals surface area (Å²) in [4.78, 5) is 42.8. The number of methoxy groups -OCH3 is 1. The number of carbonyl (C=O) groups excluding carboxylic acids is 3. The highest BCUT2D eigenvalue weighted by Crippen LogP contribution is 2.32. The van der Waals surface area contributed by atoms with E-state index in [1.54, 1.807) is 12.1 Å². The molecule has 25 heavy (non-hydrogen) atoms. The quantitative estimate of drug-likeness (QED) is 0.477. The molecule has 1 atom stereocenters. The summed E-state index contributed by atoms with van der Waals surface area (Å²) in [6.07, 6.45) is 0. The first-order chi connectivity index (χ1) is 12.0. The molecule has 2 aromatic rings. The Morgan fingerprint density at radius 2 is 1.88 bits per heavy atom. The van der Waals surface area contributed by atoms with Gasteiger partial charge in [-0.15, -0.1) is 5.06 Å². The molecule has 1 aliphatic rings. The fourth-order valence-electron chi connectivity index (χ4n) is 2.61. The molecule has 7 heteroatoms. The van der Waals surface area contributed by atoms with Crippen LogP contribution in [0.3, 0.4) is 0 Å². The molecule has 1 heterocycles. The van der Waals surface area contributed by atoms with Crippen LogP contribution >= 0.6 is 11.6 Å². The number of amides is 2. The van der Waals surface area contributed by atoms with Crippen molar-refractivity contribution < 1.29 is 24.0 Å². The van der Waals surface area contributed by atoms with E-state index in [1.807, 2.05) is 18.2 Å². The number of nitrogens with zero attached hydrogens (tertiary/aromatic N) is 1. The number of imide groups is 1. The highest BCUT2D eigenvalue weighted by atomic mass is 35.5. The molecule has 2 amide bonds. The van der Waals surface area contributed by atoms with Crippen molar-refractivity contribution in [1.29, 1.82) is 0 Å². The fourth-order valence-corrected chi connectivity index (χ4v) is 2.78. The van der Waals surface area contributed by atoms with Crippen molar-refractivity contribution >= 4 is 29.4 Å².